The standard InChI is InChI=1S/C19H23ClN6O2/c1-19(2,3)28-18(27)26-14(12-4-6-13(20)7-5-12)8-9-21-16-15-17(23-10-22-15)25-11-24-16/h4-7,10-11,14H,8-9H2,1-3H3,(H,26,27)(H2,21,22,23,24,25). The highest BCUT2D eigenvalue weighted by Gasteiger charge is 2.20. The summed E-state index contributed by atoms with van der Waals surface area (Å²) in [6.45, 7) is 6.05. The van der Waals surface area contributed by atoms with Gasteiger partial charge in [-0.25, -0.2) is 19.7 Å². The first-order valence-electron chi connectivity index (χ1n) is 8.95. The van der Waals surface area contributed by atoms with Crippen LogP contribution in [0.3, 0.4) is 0 Å². The van der Waals surface area contributed by atoms with Gasteiger partial charge in [0.15, 0.2) is 11.5 Å². The third-order valence-corrected chi connectivity index (χ3v) is 4.16. The Labute approximate surface area is 168 Å². The molecule has 0 radical (unpaired) electrons. The quantitative estimate of drug-likeness (QED) is 0.574. The number of carbonyl (C=O) groups excluding carboxylic acids is 1. The number of hydrogen-bond donors (Lipinski definition) is 3. The minimum atomic E-state index is -0.569. The molecule has 148 valence electrons. The molecule has 9 heteroatoms. The highest BCUT2D eigenvalue weighted by Crippen LogP contribution is 2.21. The maximum absolute atomic E-state index is 12.3. The lowest BCUT2D eigenvalue weighted by molar-refractivity contribution is 0.0502. The number of benzene rings is 1. The van der Waals surface area contributed by atoms with Crippen LogP contribution in [0.2, 0.25) is 5.02 Å². The summed E-state index contributed by atoms with van der Waals surface area (Å²) in [5, 5.41) is 6.84. The van der Waals surface area contributed by atoms with E-state index in [1.54, 1.807) is 18.5 Å². The van der Waals surface area contributed by atoms with Gasteiger partial charge in [-0.15, -0.1) is 0 Å². The lowest BCUT2D eigenvalue weighted by atomic mass is 10.0. The molecule has 1 amide bonds. The van der Waals surface area contributed by atoms with Gasteiger partial charge in [-0.2, -0.15) is 0 Å². The van der Waals surface area contributed by atoms with Gasteiger partial charge in [-0.1, -0.05) is 23.7 Å². The first-order valence-corrected chi connectivity index (χ1v) is 9.32. The maximum atomic E-state index is 12.3. The van der Waals surface area contributed by atoms with E-state index in [4.69, 9.17) is 16.3 Å². The van der Waals surface area contributed by atoms with Crippen LogP contribution in [0.4, 0.5) is 10.6 Å². The fraction of sp³-hybridized carbons (Fsp3) is 0.368. The molecular formula is C19H23ClN6O2. The summed E-state index contributed by atoms with van der Waals surface area (Å²) in [5.41, 5.74) is 1.70. The number of nitrogens with zero attached hydrogens (tertiary/aromatic N) is 3. The van der Waals surface area contributed by atoms with E-state index in [0.717, 1.165) is 11.1 Å². The average molecular weight is 403 g/mol. The van der Waals surface area contributed by atoms with Crippen LogP contribution in [-0.2, 0) is 4.74 Å². The van der Waals surface area contributed by atoms with E-state index in [1.165, 1.54) is 6.33 Å². The van der Waals surface area contributed by atoms with Crippen molar-refractivity contribution in [2.24, 2.45) is 0 Å². The van der Waals surface area contributed by atoms with E-state index in [0.29, 0.717) is 29.5 Å². The number of halogens is 1. The highest BCUT2D eigenvalue weighted by molar-refractivity contribution is 6.30. The SMILES string of the molecule is CC(C)(C)OC(=O)NC(CCNc1ncnc2nc[nH]c12)c1ccc(Cl)cc1. The largest absolute Gasteiger partial charge is 0.444 e. The molecule has 0 spiro atoms. The normalized spacial score (nSPS) is 12.6. The van der Waals surface area contributed by atoms with Crippen LogP contribution in [0, 0.1) is 0 Å². The van der Waals surface area contributed by atoms with Gasteiger partial charge < -0.3 is 20.4 Å². The molecule has 3 aromatic rings. The third-order valence-electron chi connectivity index (χ3n) is 3.91. The van der Waals surface area contributed by atoms with E-state index in [9.17, 15) is 4.79 Å². The van der Waals surface area contributed by atoms with Crippen LogP contribution in [-0.4, -0.2) is 38.2 Å². The van der Waals surface area contributed by atoms with Crippen molar-refractivity contribution in [1.82, 2.24) is 25.3 Å². The molecule has 1 unspecified atom stereocenters. The predicted octanol–water partition coefficient (Wildman–Crippen LogP) is 4.07. The third kappa shape index (κ3) is 5.32. The first-order chi connectivity index (χ1) is 13.3. The van der Waals surface area contributed by atoms with Gasteiger partial charge in [0.1, 0.15) is 17.4 Å². The Morgan fingerprint density at radius 2 is 1.96 bits per heavy atom. The number of aromatic nitrogens is 4. The Bertz CT molecular complexity index is 935. The summed E-state index contributed by atoms with van der Waals surface area (Å²) in [6, 6.07) is 7.13. The molecular weight excluding hydrogens is 380 g/mol. The van der Waals surface area contributed by atoms with Crippen LogP contribution in [0.5, 0.6) is 0 Å². The lowest BCUT2D eigenvalue weighted by Gasteiger charge is -2.24. The van der Waals surface area contributed by atoms with Crippen molar-refractivity contribution in [3.8, 4) is 0 Å². The zero-order valence-corrected chi connectivity index (χ0v) is 16.7. The smallest absolute Gasteiger partial charge is 0.408 e. The molecule has 8 nitrogen and oxygen atoms in total. The van der Waals surface area contributed by atoms with Crippen LogP contribution < -0.4 is 10.6 Å². The second-order valence-corrected chi connectivity index (χ2v) is 7.73. The molecule has 28 heavy (non-hydrogen) atoms. The van der Waals surface area contributed by atoms with E-state index in [1.807, 2.05) is 32.9 Å². The number of amides is 1. The molecule has 0 bridgehead atoms. The summed E-state index contributed by atoms with van der Waals surface area (Å²) in [7, 11) is 0. The number of anilines is 1. The van der Waals surface area contributed by atoms with Crippen LogP contribution >= 0.6 is 11.6 Å². The van der Waals surface area contributed by atoms with E-state index in [2.05, 4.69) is 30.6 Å². The van der Waals surface area contributed by atoms with E-state index in [-0.39, 0.29) is 6.04 Å². The molecule has 2 heterocycles. The number of fused-ring (bicyclic) bond motifs is 1. The zero-order chi connectivity index (χ0) is 20.1. The summed E-state index contributed by atoms with van der Waals surface area (Å²) >= 11 is 5.99. The van der Waals surface area contributed by atoms with Crippen molar-refractivity contribution in [3.63, 3.8) is 0 Å². The summed E-state index contributed by atoms with van der Waals surface area (Å²) < 4.78 is 5.39. The Balaban J connectivity index is 1.69. The minimum absolute atomic E-state index is 0.251. The molecule has 3 N–H and O–H groups in total. The monoisotopic (exact) mass is 402 g/mol. The number of H-pyrrole nitrogens is 1. The first kappa shape index (κ1) is 19.9. The summed E-state index contributed by atoms with van der Waals surface area (Å²) in [6.07, 6.45) is 3.18. The number of ether oxygens (including phenoxy) is 1. The molecule has 0 aliphatic heterocycles. The summed E-state index contributed by atoms with van der Waals surface area (Å²) in [4.78, 5) is 27.7. The minimum Gasteiger partial charge on any atom is -0.444 e. The molecule has 0 saturated heterocycles. The number of carbonyl (C=O) groups is 1. The second kappa shape index (κ2) is 8.43. The number of alkyl carbamates (subject to hydrolysis) is 1. The number of hydrogen-bond acceptors (Lipinski definition) is 6. The van der Waals surface area contributed by atoms with Gasteiger partial charge in [-0.05, 0) is 44.9 Å². The molecule has 3 rings (SSSR count). The topological polar surface area (TPSA) is 105 Å². The second-order valence-electron chi connectivity index (χ2n) is 7.29. The van der Waals surface area contributed by atoms with Gasteiger partial charge in [-0.3, -0.25) is 0 Å². The van der Waals surface area contributed by atoms with Gasteiger partial charge in [0.25, 0.3) is 0 Å². The molecule has 0 fully saturated rings. The molecule has 1 aromatic carbocycles. The number of rotatable bonds is 6. The average Bonchev–Trinajstić information content (AvgIpc) is 3.09. The highest BCUT2D eigenvalue weighted by atomic mass is 35.5. The fourth-order valence-corrected chi connectivity index (χ4v) is 2.83. The van der Waals surface area contributed by atoms with Gasteiger partial charge in [0.2, 0.25) is 0 Å². The Kier molecular flexibility index (Phi) is 5.99. The van der Waals surface area contributed by atoms with Crippen molar-refractivity contribution in [1.29, 1.82) is 0 Å². The molecule has 0 saturated carbocycles. The summed E-state index contributed by atoms with van der Waals surface area (Å²) in [5.74, 6) is 0.662. The Hall–Kier alpha value is -2.87. The number of nitrogens with one attached hydrogen (secondary N) is 3. The molecule has 0 aliphatic carbocycles. The van der Waals surface area contributed by atoms with Crippen molar-refractivity contribution in [2.45, 2.75) is 38.8 Å². The zero-order valence-electron chi connectivity index (χ0n) is 16.0. The van der Waals surface area contributed by atoms with Gasteiger partial charge in [0, 0.05) is 11.6 Å². The molecule has 0 aliphatic rings. The van der Waals surface area contributed by atoms with Crippen molar-refractivity contribution < 1.29 is 9.53 Å². The molecule has 2 aromatic heterocycles. The van der Waals surface area contributed by atoms with Crippen molar-refractivity contribution in [3.05, 3.63) is 47.5 Å². The van der Waals surface area contributed by atoms with Crippen LogP contribution in [0.15, 0.2) is 36.9 Å². The van der Waals surface area contributed by atoms with E-state index < -0.39 is 11.7 Å². The number of aromatic amines is 1. The molecule has 1 atom stereocenters. The maximum Gasteiger partial charge on any atom is 0.408 e. The van der Waals surface area contributed by atoms with Crippen LogP contribution in [0.25, 0.3) is 11.2 Å². The lowest BCUT2D eigenvalue weighted by Crippen LogP contribution is -2.35. The fourth-order valence-electron chi connectivity index (χ4n) is 2.70. The van der Waals surface area contributed by atoms with Crippen LogP contribution in [0.1, 0.15) is 38.8 Å². The van der Waals surface area contributed by atoms with Crippen molar-refractivity contribution in [2.75, 3.05) is 11.9 Å². The Morgan fingerprint density at radius 1 is 1.21 bits per heavy atom. The van der Waals surface area contributed by atoms with E-state index >= 15 is 0 Å². The number of imidazole rings is 1. The predicted molar refractivity (Wildman–Crippen MR) is 108 cm³/mol. The Morgan fingerprint density at radius 3 is 2.68 bits per heavy atom. The van der Waals surface area contributed by atoms with Gasteiger partial charge >= 0.3 is 6.09 Å². The van der Waals surface area contributed by atoms with Gasteiger partial charge in [0.05, 0.1) is 12.4 Å². The van der Waals surface area contributed by atoms with Crippen molar-refractivity contribution >= 4 is 34.7 Å².